The van der Waals surface area contributed by atoms with Crippen LogP contribution in [0.5, 0.6) is 0 Å². The molecule has 78 valence electrons. The van der Waals surface area contributed by atoms with Crippen molar-refractivity contribution < 1.29 is 18.4 Å². The van der Waals surface area contributed by atoms with E-state index in [4.69, 9.17) is 0 Å². The van der Waals surface area contributed by atoms with Crippen molar-refractivity contribution in [3.63, 3.8) is 0 Å². The second kappa shape index (κ2) is 4.61. The first-order valence-corrected chi connectivity index (χ1v) is 4.88. The van der Waals surface area contributed by atoms with E-state index in [2.05, 4.69) is 6.58 Å². The molecule has 0 aromatic heterocycles. The van der Waals surface area contributed by atoms with Crippen LogP contribution in [0.1, 0.15) is 10.4 Å². The summed E-state index contributed by atoms with van der Waals surface area (Å²) in [5.74, 6) is -2.58. The van der Waals surface area contributed by atoms with E-state index in [1.807, 2.05) is 0 Å². The van der Waals surface area contributed by atoms with Crippen LogP contribution < -0.4 is 0 Å². The van der Waals surface area contributed by atoms with Crippen molar-refractivity contribution in [3.05, 3.63) is 45.1 Å². The highest BCUT2D eigenvalue weighted by molar-refractivity contribution is 14.1. The van der Waals surface area contributed by atoms with Crippen molar-refractivity contribution in [2.75, 3.05) is 0 Å². The number of carbonyl (C=O) groups is 2. The number of benzene rings is 1. The molecule has 15 heavy (non-hydrogen) atoms. The molecule has 1 rings (SSSR count). The second-order valence-corrected chi connectivity index (χ2v) is 3.88. The monoisotopic (exact) mass is 322 g/mol. The number of allylic oxidation sites excluding steroid dienone is 1. The number of hydrogen-bond acceptors (Lipinski definition) is 2. The van der Waals surface area contributed by atoms with E-state index >= 15 is 0 Å². The Kier molecular flexibility index (Phi) is 3.67. The number of carbonyl (C=O) groups excluding carboxylic acids is 2. The summed E-state index contributed by atoms with van der Waals surface area (Å²) >= 11 is 1.62. The van der Waals surface area contributed by atoms with Crippen LogP contribution in [0.2, 0.25) is 0 Å². The number of Topliss-reactive ketones (excluding diaryl/α,β-unsaturated/α-hetero) is 1. The van der Waals surface area contributed by atoms with Crippen LogP contribution in [-0.2, 0) is 4.79 Å². The van der Waals surface area contributed by atoms with Gasteiger partial charge in [0.1, 0.15) is 11.6 Å². The summed E-state index contributed by atoms with van der Waals surface area (Å²) in [6.45, 7) is 3.16. The predicted octanol–water partition coefficient (Wildman–Crippen LogP) is 2.51. The van der Waals surface area contributed by atoms with Crippen LogP contribution in [0, 0.1) is 15.2 Å². The third-order valence-electron chi connectivity index (χ3n) is 1.69. The van der Waals surface area contributed by atoms with Gasteiger partial charge in [-0.15, -0.1) is 0 Å². The second-order valence-electron chi connectivity index (χ2n) is 2.72. The van der Waals surface area contributed by atoms with E-state index in [0.29, 0.717) is 6.07 Å². The molecule has 0 amide bonds. The number of halogens is 3. The molecule has 2 nitrogen and oxygen atoms in total. The fourth-order valence-corrected chi connectivity index (χ4v) is 1.39. The molecule has 0 atom stereocenters. The topological polar surface area (TPSA) is 34.1 Å². The maximum Gasteiger partial charge on any atom is 0.198 e. The maximum absolute atomic E-state index is 13.2. The average molecular weight is 322 g/mol. The smallest absolute Gasteiger partial charge is 0.198 e. The Hall–Kier alpha value is -1.11. The van der Waals surface area contributed by atoms with Gasteiger partial charge in [-0.25, -0.2) is 8.78 Å². The van der Waals surface area contributed by atoms with Crippen molar-refractivity contribution in [1.82, 2.24) is 0 Å². The molecule has 0 fully saturated rings. The summed E-state index contributed by atoms with van der Waals surface area (Å²) in [7, 11) is 0. The Balaban J connectivity index is 3.26. The lowest BCUT2D eigenvalue weighted by atomic mass is 10.1. The molecular formula is C10H5F2IO2. The van der Waals surface area contributed by atoms with Gasteiger partial charge in [0.15, 0.2) is 12.1 Å². The van der Waals surface area contributed by atoms with Gasteiger partial charge in [-0.2, -0.15) is 0 Å². The van der Waals surface area contributed by atoms with E-state index < -0.39 is 17.4 Å². The fourth-order valence-electron chi connectivity index (χ4n) is 0.923. The minimum Gasteiger partial charge on any atom is -0.298 e. The van der Waals surface area contributed by atoms with Gasteiger partial charge in [-0.05, 0) is 28.7 Å². The first kappa shape index (κ1) is 12.0. The van der Waals surface area contributed by atoms with Gasteiger partial charge >= 0.3 is 0 Å². The van der Waals surface area contributed by atoms with Gasteiger partial charge in [-0.3, -0.25) is 9.59 Å². The molecule has 1 aromatic rings. The molecule has 0 aliphatic rings. The number of aldehydes is 1. The van der Waals surface area contributed by atoms with Gasteiger partial charge < -0.3 is 0 Å². The van der Waals surface area contributed by atoms with Gasteiger partial charge in [0.25, 0.3) is 0 Å². The summed E-state index contributed by atoms with van der Waals surface area (Å²) in [4.78, 5) is 21.6. The molecule has 0 N–H and O–H groups in total. The zero-order valence-corrected chi connectivity index (χ0v) is 9.55. The Morgan fingerprint density at radius 2 is 1.93 bits per heavy atom. The van der Waals surface area contributed by atoms with Gasteiger partial charge in [0.2, 0.25) is 0 Å². The molecule has 5 heteroatoms. The molecule has 0 spiro atoms. The summed E-state index contributed by atoms with van der Waals surface area (Å²) in [5.41, 5.74) is -0.714. The van der Waals surface area contributed by atoms with E-state index in [1.165, 1.54) is 0 Å². The fraction of sp³-hybridized carbons (Fsp3) is 0. The zero-order chi connectivity index (χ0) is 11.6. The van der Waals surface area contributed by atoms with Crippen molar-refractivity contribution in [2.45, 2.75) is 0 Å². The zero-order valence-electron chi connectivity index (χ0n) is 7.39. The quantitative estimate of drug-likeness (QED) is 0.163. The molecule has 0 aliphatic heterocycles. The van der Waals surface area contributed by atoms with Crippen molar-refractivity contribution >= 4 is 34.7 Å². The SMILES string of the molecule is C=C(C=O)C(=O)c1cc(I)c(F)cc1F. The third kappa shape index (κ3) is 2.47. The molecule has 0 aliphatic carbocycles. The summed E-state index contributed by atoms with van der Waals surface area (Å²) in [5, 5.41) is 0. The van der Waals surface area contributed by atoms with Crippen molar-refractivity contribution in [1.29, 1.82) is 0 Å². The van der Waals surface area contributed by atoms with Crippen LogP contribution in [-0.4, -0.2) is 12.1 Å². The first-order valence-electron chi connectivity index (χ1n) is 3.80. The van der Waals surface area contributed by atoms with Gasteiger partial charge in [0.05, 0.1) is 11.1 Å². The summed E-state index contributed by atoms with van der Waals surface area (Å²) in [6.07, 6.45) is 0.234. The lowest BCUT2D eigenvalue weighted by Crippen LogP contribution is -2.07. The van der Waals surface area contributed by atoms with Crippen LogP contribution in [0.25, 0.3) is 0 Å². The first-order chi connectivity index (χ1) is 6.97. The van der Waals surface area contributed by atoms with E-state index in [1.54, 1.807) is 22.6 Å². The average Bonchev–Trinajstić information content (AvgIpc) is 2.21. The normalized spacial score (nSPS) is 9.80. The maximum atomic E-state index is 13.2. The van der Waals surface area contributed by atoms with Gasteiger partial charge in [-0.1, -0.05) is 6.58 Å². The van der Waals surface area contributed by atoms with Gasteiger partial charge in [0, 0.05) is 9.64 Å². The van der Waals surface area contributed by atoms with Crippen LogP contribution >= 0.6 is 22.6 Å². The van der Waals surface area contributed by atoms with Crippen molar-refractivity contribution in [2.24, 2.45) is 0 Å². The molecule has 0 heterocycles. The Morgan fingerprint density at radius 1 is 1.33 bits per heavy atom. The minimum atomic E-state index is -0.999. The predicted molar refractivity (Wildman–Crippen MR) is 58.6 cm³/mol. The molecular weight excluding hydrogens is 317 g/mol. The van der Waals surface area contributed by atoms with Crippen LogP contribution in [0.4, 0.5) is 8.78 Å². The lowest BCUT2D eigenvalue weighted by molar-refractivity contribution is -0.104. The highest BCUT2D eigenvalue weighted by Gasteiger charge is 2.17. The Bertz CT molecular complexity index is 455. The van der Waals surface area contributed by atoms with E-state index in [9.17, 15) is 18.4 Å². The van der Waals surface area contributed by atoms with Crippen LogP contribution in [0.3, 0.4) is 0 Å². The molecule has 0 bridgehead atoms. The lowest BCUT2D eigenvalue weighted by Gasteiger charge is -2.02. The molecule has 1 aromatic carbocycles. The Morgan fingerprint density at radius 3 is 2.47 bits per heavy atom. The number of rotatable bonds is 3. The summed E-state index contributed by atoms with van der Waals surface area (Å²) in [6, 6.07) is 1.65. The molecule has 0 radical (unpaired) electrons. The number of hydrogen-bond donors (Lipinski definition) is 0. The summed E-state index contributed by atoms with van der Waals surface area (Å²) < 4.78 is 26.1. The molecule has 0 saturated carbocycles. The van der Waals surface area contributed by atoms with Crippen molar-refractivity contribution in [3.8, 4) is 0 Å². The minimum absolute atomic E-state index is 0.107. The van der Waals surface area contributed by atoms with E-state index in [0.717, 1.165) is 6.07 Å². The third-order valence-corrected chi connectivity index (χ3v) is 2.52. The molecule has 0 saturated heterocycles. The molecule has 0 unspecified atom stereocenters. The Labute approximate surface area is 98.1 Å². The van der Waals surface area contributed by atoms with Crippen LogP contribution in [0.15, 0.2) is 24.3 Å². The number of ketones is 1. The highest BCUT2D eigenvalue weighted by atomic mass is 127. The standard InChI is InChI=1S/C10H5F2IO2/c1-5(4-14)10(15)6-2-9(13)8(12)3-7(6)11/h2-4H,1H2. The highest BCUT2D eigenvalue weighted by Crippen LogP contribution is 2.18. The largest absolute Gasteiger partial charge is 0.298 e. The van der Waals surface area contributed by atoms with E-state index in [-0.39, 0.29) is 21.0 Å².